The van der Waals surface area contributed by atoms with Crippen LogP contribution in [0.2, 0.25) is 0 Å². The molecule has 0 fully saturated rings. The summed E-state index contributed by atoms with van der Waals surface area (Å²) >= 11 is 7.22. The summed E-state index contributed by atoms with van der Waals surface area (Å²) in [7, 11) is 0. The minimum absolute atomic E-state index is 0.380. The van der Waals surface area contributed by atoms with E-state index in [9.17, 15) is 0 Å². The molecular weight excluding hydrogens is 956 g/mol. The Hall–Kier alpha value is -5.04. The highest BCUT2D eigenvalue weighted by Gasteiger charge is 2.53. The van der Waals surface area contributed by atoms with Gasteiger partial charge in [0.25, 0.3) is 0 Å². The summed E-state index contributed by atoms with van der Waals surface area (Å²) in [5.41, 5.74) is 13.3. The second-order valence-corrected chi connectivity index (χ2v) is 20.9. The van der Waals surface area contributed by atoms with Gasteiger partial charge in [0.05, 0.1) is 31.8 Å². The Balaban J connectivity index is 1.43. The normalized spacial score (nSPS) is 16.4. The van der Waals surface area contributed by atoms with Crippen molar-refractivity contribution in [3.63, 3.8) is 0 Å². The quantitative estimate of drug-likeness (QED) is 0.0713. The van der Waals surface area contributed by atoms with E-state index in [-0.39, 0.29) is 0 Å². The van der Waals surface area contributed by atoms with Gasteiger partial charge >= 0.3 is 0 Å². The zero-order valence-electron chi connectivity index (χ0n) is 40.6. The maximum Gasteiger partial charge on any atom is 0.161 e. The Bertz CT molecular complexity index is 2540. The first-order valence-corrected chi connectivity index (χ1v) is 26.1. The molecule has 0 N–H and O–H groups in total. The van der Waals surface area contributed by atoms with Crippen molar-refractivity contribution in [2.75, 3.05) is 26.4 Å². The highest BCUT2D eigenvalue weighted by Crippen LogP contribution is 2.65. The molecule has 4 nitrogen and oxygen atoms in total. The highest BCUT2D eigenvalue weighted by atomic mass is 79.9. The van der Waals surface area contributed by atoms with Crippen LogP contribution in [0.3, 0.4) is 0 Å². The molecule has 0 amide bonds. The van der Waals surface area contributed by atoms with E-state index in [4.69, 9.17) is 18.9 Å². The lowest BCUT2D eigenvalue weighted by atomic mass is 9.70. The van der Waals surface area contributed by atoms with E-state index < -0.39 is 5.41 Å². The third-order valence-electron chi connectivity index (χ3n) is 14.0. The average Bonchev–Trinajstić information content (AvgIpc) is 3.79. The number of benzene rings is 6. The fourth-order valence-electron chi connectivity index (χ4n) is 8.86. The lowest BCUT2D eigenvalue weighted by Gasteiger charge is -2.32. The van der Waals surface area contributed by atoms with Crippen molar-refractivity contribution < 1.29 is 18.9 Å². The second kappa shape index (κ2) is 21.5. The maximum absolute atomic E-state index is 6.90. The second-order valence-electron chi connectivity index (χ2n) is 19.1. The van der Waals surface area contributed by atoms with Gasteiger partial charge in [-0.15, -0.1) is 0 Å². The predicted octanol–water partition coefficient (Wildman–Crippen LogP) is 17.6. The molecule has 0 bridgehead atoms. The van der Waals surface area contributed by atoms with Crippen LogP contribution in [0.5, 0.6) is 23.0 Å². The number of hydrogen-bond donors (Lipinski definition) is 0. The molecule has 4 atom stereocenters. The van der Waals surface area contributed by atoms with Gasteiger partial charge in [0.2, 0.25) is 0 Å². The number of halogens is 2. The summed E-state index contributed by atoms with van der Waals surface area (Å²) in [6.07, 6.45) is 13.0. The molecule has 0 saturated carbocycles. The molecule has 6 aromatic carbocycles. The fraction of sp³-hybridized carbons (Fsp3) is 0.344. The van der Waals surface area contributed by atoms with Crippen LogP contribution in [-0.2, 0) is 5.41 Å². The molecule has 0 saturated heterocycles. The summed E-state index contributed by atoms with van der Waals surface area (Å²) in [5.74, 6) is 4.66. The van der Waals surface area contributed by atoms with Gasteiger partial charge in [-0.25, -0.2) is 0 Å². The van der Waals surface area contributed by atoms with Gasteiger partial charge < -0.3 is 18.9 Å². The Morgan fingerprint density at radius 2 is 0.657 bits per heavy atom. The Labute approximate surface area is 417 Å². The maximum atomic E-state index is 6.90. The van der Waals surface area contributed by atoms with Crippen molar-refractivity contribution in [3.05, 3.63) is 163 Å². The minimum atomic E-state index is -0.730. The first kappa shape index (κ1) is 48.4. The summed E-state index contributed by atoms with van der Waals surface area (Å²) in [6.45, 7) is 20.3. The van der Waals surface area contributed by atoms with Gasteiger partial charge in [0.15, 0.2) is 23.0 Å². The molecule has 348 valence electrons. The molecular formula is C61H66Br2O4. The molecule has 1 spiro atoms. The standard InChI is InChI=1S/C61H66Br2O4/c1-9-39(5)35-64-57-31-51-52-32-58(65-36-40(6)10-2)60(67-38-42(8)12-4)34-56(52)61(55(51)33-59(57)66-37-41(7)11-3)53-29-45(15-13-43-17-23-47(62)24-18-43)21-27-49(53)50-28-22-46(30-54(50)61)16-14-44-19-25-48(63)26-20-44/h13-34,39-42H,9-12,35-38H2,1-8H3. The van der Waals surface area contributed by atoms with E-state index in [1.165, 1.54) is 33.4 Å². The highest BCUT2D eigenvalue weighted by molar-refractivity contribution is 9.10. The van der Waals surface area contributed by atoms with Gasteiger partial charge in [0.1, 0.15) is 0 Å². The minimum Gasteiger partial charge on any atom is -0.489 e. The molecule has 0 heterocycles. The molecule has 8 rings (SSSR count). The molecule has 0 aromatic heterocycles. The van der Waals surface area contributed by atoms with Gasteiger partial charge in [-0.3, -0.25) is 0 Å². The number of hydrogen-bond acceptors (Lipinski definition) is 4. The predicted molar refractivity (Wildman–Crippen MR) is 289 cm³/mol. The largest absolute Gasteiger partial charge is 0.489 e. The van der Waals surface area contributed by atoms with Crippen LogP contribution in [0.25, 0.3) is 46.6 Å². The van der Waals surface area contributed by atoms with E-state index >= 15 is 0 Å². The van der Waals surface area contributed by atoms with E-state index in [0.717, 1.165) is 91.0 Å². The average molecular weight is 1020 g/mol. The molecule has 6 aromatic rings. The lowest BCUT2D eigenvalue weighted by Crippen LogP contribution is -2.26. The van der Waals surface area contributed by atoms with Crippen molar-refractivity contribution in [1.29, 1.82) is 0 Å². The zero-order valence-corrected chi connectivity index (χ0v) is 43.7. The SMILES string of the molecule is CCC(C)COc1cc2c(cc1OCC(C)CC)C1(c3cc(C=Cc4ccc(Br)cc4)ccc3-c3ccc(C=Cc4ccc(Br)cc4)cc31)c1cc(OCC(C)CC)c(OCC(C)CC)cc1-2. The van der Waals surface area contributed by atoms with Gasteiger partial charge in [0, 0.05) is 8.95 Å². The monoisotopic (exact) mass is 1020 g/mol. The Kier molecular flexibility index (Phi) is 15.5. The van der Waals surface area contributed by atoms with Crippen LogP contribution in [0.4, 0.5) is 0 Å². The summed E-state index contributed by atoms with van der Waals surface area (Å²) < 4.78 is 29.5. The molecule has 0 radical (unpaired) electrons. The fourth-order valence-corrected chi connectivity index (χ4v) is 9.39. The Morgan fingerprint density at radius 3 is 0.985 bits per heavy atom. The van der Waals surface area contributed by atoms with Crippen molar-refractivity contribution in [2.45, 2.75) is 86.5 Å². The van der Waals surface area contributed by atoms with Gasteiger partial charge in [-0.2, -0.15) is 0 Å². The van der Waals surface area contributed by atoms with Crippen molar-refractivity contribution in [1.82, 2.24) is 0 Å². The smallest absolute Gasteiger partial charge is 0.161 e. The zero-order chi connectivity index (χ0) is 47.2. The number of rotatable bonds is 20. The van der Waals surface area contributed by atoms with Crippen LogP contribution >= 0.6 is 31.9 Å². The van der Waals surface area contributed by atoms with E-state index in [0.29, 0.717) is 50.1 Å². The van der Waals surface area contributed by atoms with Crippen LogP contribution in [-0.4, -0.2) is 26.4 Å². The van der Waals surface area contributed by atoms with Crippen molar-refractivity contribution in [2.24, 2.45) is 23.7 Å². The van der Waals surface area contributed by atoms with Crippen LogP contribution in [0, 0.1) is 23.7 Å². The van der Waals surface area contributed by atoms with E-state index in [1.54, 1.807) is 0 Å². The number of fused-ring (bicyclic) bond motifs is 10. The molecule has 4 unspecified atom stereocenters. The van der Waals surface area contributed by atoms with Gasteiger partial charge in [-0.05, 0) is 151 Å². The molecule has 0 aliphatic heterocycles. The third kappa shape index (κ3) is 10.4. The van der Waals surface area contributed by atoms with E-state index in [1.807, 2.05) is 0 Å². The lowest BCUT2D eigenvalue weighted by molar-refractivity contribution is 0.217. The summed E-state index contributed by atoms with van der Waals surface area (Å²) in [4.78, 5) is 0. The van der Waals surface area contributed by atoms with Gasteiger partial charge in [-0.1, -0.05) is 186 Å². The van der Waals surface area contributed by atoms with Crippen LogP contribution in [0.1, 0.15) is 126 Å². The summed E-state index contributed by atoms with van der Waals surface area (Å²) in [6, 6.07) is 40.1. The Morgan fingerprint density at radius 1 is 0.373 bits per heavy atom. The van der Waals surface area contributed by atoms with E-state index in [2.05, 4.69) is 221 Å². The molecule has 2 aliphatic carbocycles. The summed E-state index contributed by atoms with van der Waals surface area (Å²) in [5, 5.41) is 0. The molecule has 2 aliphatic rings. The van der Waals surface area contributed by atoms with Crippen LogP contribution in [0.15, 0.2) is 118 Å². The molecule has 67 heavy (non-hydrogen) atoms. The third-order valence-corrected chi connectivity index (χ3v) is 15.1. The van der Waals surface area contributed by atoms with Crippen molar-refractivity contribution in [3.8, 4) is 45.3 Å². The first-order valence-electron chi connectivity index (χ1n) is 24.5. The number of ether oxygens (including phenoxy) is 4. The molecule has 6 heteroatoms. The van der Waals surface area contributed by atoms with Crippen LogP contribution < -0.4 is 18.9 Å². The topological polar surface area (TPSA) is 36.9 Å². The van der Waals surface area contributed by atoms with Crippen molar-refractivity contribution >= 4 is 56.2 Å². The first-order chi connectivity index (χ1) is 32.4.